The molecule has 162 valence electrons. The highest BCUT2D eigenvalue weighted by atomic mass is 19.1. The lowest BCUT2D eigenvalue weighted by molar-refractivity contribution is 0.293. The first-order valence-electron chi connectivity index (χ1n) is 10.4. The van der Waals surface area contributed by atoms with E-state index in [0.29, 0.717) is 12.1 Å². The average Bonchev–Trinajstić information content (AvgIpc) is 2.72. The Balaban J connectivity index is 0.00000256. The number of para-hydroxylation sites is 1. The van der Waals surface area contributed by atoms with E-state index in [1.165, 1.54) is 6.07 Å². The number of benzene rings is 2. The summed E-state index contributed by atoms with van der Waals surface area (Å²) in [5.41, 5.74) is 3.26. The van der Waals surface area contributed by atoms with Crippen LogP contribution in [0.2, 0.25) is 0 Å². The molecule has 0 aromatic heterocycles. The zero-order chi connectivity index (χ0) is 20.2. The minimum atomic E-state index is -0.170. The van der Waals surface area contributed by atoms with Crippen molar-refractivity contribution >= 4 is 11.5 Å². The molecule has 0 bridgehead atoms. The van der Waals surface area contributed by atoms with E-state index >= 15 is 0 Å². The average molecular weight is 412 g/mol. The van der Waals surface area contributed by atoms with Gasteiger partial charge in [-0.15, -0.1) is 0 Å². The van der Waals surface area contributed by atoms with Crippen LogP contribution in [-0.4, -0.2) is 43.2 Å². The lowest BCUT2D eigenvalue weighted by atomic mass is 9.91. The molecule has 6 heteroatoms. The topological polar surface area (TPSA) is 51.7 Å². The minimum Gasteiger partial charge on any atom is -0.362 e. The van der Waals surface area contributed by atoms with Gasteiger partial charge in [0.1, 0.15) is 11.7 Å². The molecule has 5 nitrogen and oxygen atoms in total. The number of halogens is 1. The highest BCUT2D eigenvalue weighted by Gasteiger charge is 2.26. The van der Waals surface area contributed by atoms with Gasteiger partial charge in [-0.25, -0.2) is 9.38 Å². The van der Waals surface area contributed by atoms with E-state index in [4.69, 9.17) is 4.99 Å². The maximum atomic E-state index is 13.3. The maximum Gasteiger partial charge on any atom is 0.176 e. The van der Waals surface area contributed by atoms with Crippen LogP contribution in [0.3, 0.4) is 0 Å². The van der Waals surface area contributed by atoms with Crippen molar-refractivity contribution in [3.05, 3.63) is 65.5 Å². The molecule has 2 aromatic carbocycles. The molecule has 1 unspecified atom stereocenters. The third kappa shape index (κ3) is 5.37. The first-order valence-corrected chi connectivity index (χ1v) is 10.4. The molecule has 0 radical (unpaired) electrons. The van der Waals surface area contributed by atoms with Gasteiger partial charge in [-0.05, 0) is 55.5 Å². The Kier molecular flexibility index (Phi) is 7.45. The number of anilines is 1. The molecule has 1 fully saturated rings. The lowest BCUT2D eigenvalue weighted by Crippen LogP contribution is -2.48. The molecule has 0 amide bonds. The summed E-state index contributed by atoms with van der Waals surface area (Å²) in [6.45, 7) is 0.720. The lowest BCUT2D eigenvalue weighted by Gasteiger charge is -2.34. The van der Waals surface area contributed by atoms with Crippen LogP contribution in [0, 0.1) is 5.82 Å². The fourth-order valence-corrected chi connectivity index (χ4v) is 4.21. The molecule has 1 aliphatic heterocycles. The summed E-state index contributed by atoms with van der Waals surface area (Å²) in [5, 5.41) is 10.8. The minimum absolute atomic E-state index is 0. The Morgan fingerprint density at radius 3 is 2.50 bits per heavy atom. The highest BCUT2D eigenvalue weighted by molar-refractivity contribution is 6.04. The standard InChI is InChI=1S/C23H30FN5.CH4/c1-29(2)22-20-8-3-4-9-21(20)27-23(28-22)26-19-12-10-18(11-13-19)25-15-16-6-5-7-17(24)14-16;/h3-9,14,18-19,23,25-27H,10-13,15H2,1-2H3;1H4. The van der Waals surface area contributed by atoms with Gasteiger partial charge >= 0.3 is 0 Å². The molecule has 1 saturated carbocycles. The van der Waals surface area contributed by atoms with E-state index in [1.54, 1.807) is 12.1 Å². The van der Waals surface area contributed by atoms with Crippen molar-refractivity contribution in [1.29, 1.82) is 0 Å². The van der Waals surface area contributed by atoms with Crippen molar-refractivity contribution in [3.8, 4) is 0 Å². The Bertz CT molecular complexity index is 858. The van der Waals surface area contributed by atoms with Crippen molar-refractivity contribution in [3.63, 3.8) is 0 Å². The highest BCUT2D eigenvalue weighted by Crippen LogP contribution is 2.24. The van der Waals surface area contributed by atoms with Crippen molar-refractivity contribution in [2.24, 2.45) is 4.99 Å². The summed E-state index contributed by atoms with van der Waals surface area (Å²) in [7, 11) is 4.07. The van der Waals surface area contributed by atoms with E-state index in [9.17, 15) is 4.39 Å². The van der Waals surface area contributed by atoms with Gasteiger partial charge in [-0.3, -0.25) is 5.32 Å². The first kappa shape index (κ1) is 22.2. The quantitative estimate of drug-likeness (QED) is 0.691. The number of amidine groups is 1. The Morgan fingerprint density at radius 1 is 1.03 bits per heavy atom. The zero-order valence-corrected chi connectivity index (χ0v) is 17.2. The molecule has 1 heterocycles. The van der Waals surface area contributed by atoms with Crippen molar-refractivity contribution < 1.29 is 4.39 Å². The van der Waals surface area contributed by atoms with Gasteiger partial charge in [-0.1, -0.05) is 31.7 Å². The number of rotatable bonds is 5. The monoisotopic (exact) mass is 411 g/mol. The van der Waals surface area contributed by atoms with E-state index in [0.717, 1.165) is 54.9 Å². The van der Waals surface area contributed by atoms with Gasteiger partial charge in [0.05, 0.1) is 0 Å². The second-order valence-corrected chi connectivity index (χ2v) is 8.17. The summed E-state index contributed by atoms with van der Waals surface area (Å²) in [5.74, 6) is 0.832. The van der Waals surface area contributed by atoms with Gasteiger partial charge in [0, 0.05) is 44.0 Å². The normalized spacial score (nSPS) is 22.9. The molecule has 0 spiro atoms. The van der Waals surface area contributed by atoms with E-state index < -0.39 is 0 Å². The third-order valence-electron chi connectivity index (χ3n) is 5.74. The molecule has 4 rings (SSSR count). The zero-order valence-electron chi connectivity index (χ0n) is 17.2. The van der Waals surface area contributed by atoms with Crippen LogP contribution in [-0.2, 0) is 6.54 Å². The van der Waals surface area contributed by atoms with E-state index in [2.05, 4.69) is 39.0 Å². The summed E-state index contributed by atoms with van der Waals surface area (Å²) >= 11 is 0. The smallest absolute Gasteiger partial charge is 0.176 e. The summed E-state index contributed by atoms with van der Waals surface area (Å²) in [6.07, 6.45) is 4.33. The largest absolute Gasteiger partial charge is 0.362 e. The van der Waals surface area contributed by atoms with Gasteiger partial charge in [0.15, 0.2) is 6.29 Å². The number of hydrogen-bond acceptors (Lipinski definition) is 5. The van der Waals surface area contributed by atoms with Crippen LogP contribution in [0.25, 0.3) is 0 Å². The number of nitrogens with zero attached hydrogens (tertiary/aromatic N) is 2. The van der Waals surface area contributed by atoms with E-state index in [1.807, 2.05) is 26.2 Å². The number of fused-ring (bicyclic) bond motifs is 1. The Hall–Kier alpha value is -2.44. The molecular formula is C24H34FN5. The molecule has 1 aliphatic carbocycles. The van der Waals surface area contributed by atoms with Crippen LogP contribution in [0.5, 0.6) is 0 Å². The fourth-order valence-electron chi connectivity index (χ4n) is 4.21. The third-order valence-corrected chi connectivity index (χ3v) is 5.74. The van der Waals surface area contributed by atoms with Crippen molar-refractivity contribution in [1.82, 2.24) is 15.5 Å². The predicted octanol–water partition coefficient (Wildman–Crippen LogP) is 4.17. The molecule has 1 atom stereocenters. The summed E-state index contributed by atoms with van der Waals surface area (Å²) in [6, 6.07) is 16.1. The van der Waals surface area contributed by atoms with Crippen LogP contribution in [0.1, 0.15) is 44.2 Å². The van der Waals surface area contributed by atoms with Crippen molar-refractivity contribution in [2.45, 2.75) is 58.0 Å². The second-order valence-electron chi connectivity index (χ2n) is 8.17. The van der Waals surface area contributed by atoms with Crippen LogP contribution in [0.15, 0.2) is 53.5 Å². The van der Waals surface area contributed by atoms with Crippen LogP contribution < -0.4 is 16.0 Å². The number of nitrogens with one attached hydrogen (secondary N) is 3. The molecule has 3 N–H and O–H groups in total. The SMILES string of the molecule is C.CN(C)C1=NC(NC2CCC(NCc3cccc(F)c3)CC2)Nc2ccccc21. The van der Waals surface area contributed by atoms with Gasteiger partial charge < -0.3 is 15.5 Å². The first-order chi connectivity index (χ1) is 14.1. The molecular weight excluding hydrogens is 377 g/mol. The summed E-state index contributed by atoms with van der Waals surface area (Å²) < 4.78 is 13.3. The van der Waals surface area contributed by atoms with E-state index in [-0.39, 0.29) is 19.5 Å². The summed E-state index contributed by atoms with van der Waals surface area (Å²) in [4.78, 5) is 6.96. The van der Waals surface area contributed by atoms with Gasteiger partial charge in [0.25, 0.3) is 0 Å². The van der Waals surface area contributed by atoms with Crippen LogP contribution in [0.4, 0.5) is 10.1 Å². The Morgan fingerprint density at radius 2 is 1.77 bits per heavy atom. The molecule has 2 aliphatic rings. The fraction of sp³-hybridized carbons (Fsp3) is 0.458. The number of aliphatic imine (C=N–C) groups is 1. The molecule has 0 saturated heterocycles. The molecule has 30 heavy (non-hydrogen) atoms. The van der Waals surface area contributed by atoms with Crippen LogP contribution >= 0.6 is 0 Å². The second kappa shape index (κ2) is 10.0. The van der Waals surface area contributed by atoms with Gasteiger partial charge in [0.2, 0.25) is 0 Å². The Labute approximate surface area is 179 Å². The maximum absolute atomic E-state index is 13.3. The number of hydrogen-bond donors (Lipinski definition) is 3. The van der Waals surface area contributed by atoms with Gasteiger partial charge in [-0.2, -0.15) is 0 Å². The van der Waals surface area contributed by atoms with Crippen molar-refractivity contribution in [2.75, 3.05) is 19.4 Å². The predicted molar refractivity (Wildman–Crippen MR) is 123 cm³/mol. The molecule has 2 aromatic rings.